The van der Waals surface area contributed by atoms with Crippen molar-refractivity contribution in [1.82, 2.24) is 4.90 Å². The van der Waals surface area contributed by atoms with E-state index in [0.717, 1.165) is 19.5 Å². The molecule has 2 aliphatic heterocycles. The number of carbonyl (C=O) groups is 1. The van der Waals surface area contributed by atoms with Gasteiger partial charge >= 0.3 is 5.97 Å². The van der Waals surface area contributed by atoms with E-state index in [9.17, 15) is 9.90 Å². The average Bonchev–Trinajstić information content (AvgIpc) is 1.96. The van der Waals surface area contributed by atoms with Crippen molar-refractivity contribution in [2.45, 2.75) is 26.1 Å². The average molecular weight is 213 g/mol. The summed E-state index contributed by atoms with van der Waals surface area (Å²) in [6.07, 6.45) is 1.13. The Kier molecular flexibility index (Phi) is 2.34. The van der Waals surface area contributed by atoms with Crippen LogP contribution in [-0.4, -0.2) is 41.4 Å². The molecular weight excluding hydrogens is 198 g/mol. The molecule has 1 N–H and O–H groups in total. The minimum absolute atomic E-state index is 0.217. The molecular formula is C10H15NO4. The van der Waals surface area contributed by atoms with Crippen LogP contribution in [-0.2, 0) is 14.3 Å². The number of hydrogen-bond acceptors (Lipinski definition) is 5. The number of nitrogens with zero attached hydrogens (tertiary/aromatic N) is 1. The van der Waals surface area contributed by atoms with Crippen molar-refractivity contribution in [3.8, 4) is 0 Å². The van der Waals surface area contributed by atoms with Crippen LogP contribution in [0.5, 0.6) is 0 Å². The predicted octanol–water partition coefficient (Wildman–Crippen LogP) is 0.771. The zero-order chi connectivity index (χ0) is 11.1. The van der Waals surface area contributed by atoms with Crippen LogP contribution in [0.2, 0.25) is 0 Å². The number of cyclic esters (lactones) is 1. The Morgan fingerprint density at radius 2 is 2.07 bits per heavy atom. The molecule has 2 rings (SSSR count). The van der Waals surface area contributed by atoms with Crippen LogP contribution in [0.15, 0.2) is 11.5 Å². The van der Waals surface area contributed by atoms with E-state index in [-0.39, 0.29) is 11.5 Å². The fourth-order valence-corrected chi connectivity index (χ4v) is 1.58. The van der Waals surface area contributed by atoms with Gasteiger partial charge in [-0.25, -0.2) is 4.79 Å². The first-order valence-corrected chi connectivity index (χ1v) is 5.05. The van der Waals surface area contributed by atoms with Gasteiger partial charge in [-0.15, -0.1) is 0 Å². The SMILES string of the molecule is CC1(C)OC(=O)C(CN2CCC2)=C(O)O1. The lowest BCUT2D eigenvalue weighted by Crippen LogP contribution is -2.44. The van der Waals surface area contributed by atoms with Crippen molar-refractivity contribution in [3.05, 3.63) is 11.5 Å². The number of carbonyl (C=O) groups excluding carboxylic acids is 1. The van der Waals surface area contributed by atoms with Gasteiger partial charge in [-0.2, -0.15) is 0 Å². The summed E-state index contributed by atoms with van der Waals surface area (Å²) in [5.74, 6) is -1.86. The first kappa shape index (κ1) is 10.3. The van der Waals surface area contributed by atoms with Crippen LogP contribution >= 0.6 is 0 Å². The van der Waals surface area contributed by atoms with Gasteiger partial charge in [0.15, 0.2) is 0 Å². The minimum Gasteiger partial charge on any atom is -0.480 e. The molecule has 84 valence electrons. The highest BCUT2D eigenvalue weighted by molar-refractivity contribution is 5.90. The summed E-state index contributed by atoms with van der Waals surface area (Å²) in [6, 6.07) is 0. The molecule has 2 aliphatic rings. The van der Waals surface area contributed by atoms with Crippen molar-refractivity contribution < 1.29 is 19.4 Å². The van der Waals surface area contributed by atoms with Crippen molar-refractivity contribution in [2.24, 2.45) is 0 Å². The van der Waals surface area contributed by atoms with E-state index in [4.69, 9.17) is 9.47 Å². The topological polar surface area (TPSA) is 59.0 Å². The Bertz CT molecular complexity index is 317. The summed E-state index contributed by atoms with van der Waals surface area (Å²) >= 11 is 0. The second-order valence-electron chi connectivity index (χ2n) is 4.30. The van der Waals surface area contributed by atoms with E-state index in [0.29, 0.717) is 6.54 Å². The van der Waals surface area contributed by atoms with Gasteiger partial charge in [0, 0.05) is 20.4 Å². The standard InChI is InChI=1S/C10H15NO4/c1-10(2)14-8(12)7(9(13)15-10)6-11-4-3-5-11/h12H,3-6H2,1-2H3. The lowest BCUT2D eigenvalue weighted by molar-refractivity contribution is -0.222. The number of rotatable bonds is 2. The van der Waals surface area contributed by atoms with Gasteiger partial charge < -0.3 is 14.6 Å². The normalized spacial score (nSPS) is 25.6. The molecule has 0 atom stereocenters. The third kappa shape index (κ3) is 2.07. The highest BCUT2D eigenvalue weighted by Crippen LogP contribution is 2.26. The van der Waals surface area contributed by atoms with E-state index in [1.54, 1.807) is 13.8 Å². The minimum atomic E-state index is -1.07. The molecule has 0 saturated carbocycles. The van der Waals surface area contributed by atoms with Gasteiger partial charge in [0.1, 0.15) is 5.57 Å². The summed E-state index contributed by atoms with van der Waals surface area (Å²) in [6.45, 7) is 5.48. The molecule has 0 aliphatic carbocycles. The lowest BCUT2D eigenvalue weighted by atomic mass is 10.1. The maximum Gasteiger partial charge on any atom is 0.345 e. The third-order valence-electron chi connectivity index (χ3n) is 2.52. The second kappa shape index (κ2) is 3.41. The Labute approximate surface area is 88.3 Å². The highest BCUT2D eigenvalue weighted by atomic mass is 16.8. The quantitative estimate of drug-likeness (QED) is 0.686. The monoisotopic (exact) mass is 213 g/mol. The van der Waals surface area contributed by atoms with Crippen LogP contribution in [0.1, 0.15) is 20.3 Å². The number of ether oxygens (including phenoxy) is 2. The largest absolute Gasteiger partial charge is 0.480 e. The fraction of sp³-hybridized carbons (Fsp3) is 0.700. The van der Waals surface area contributed by atoms with E-state index >= 15 is 0 Å². The van der Waals surface area contributed by atoms with Crippen LogP contribution in [0.3, 0.4) is 0 Å². The van der Waals surface area contributed by atoms with E-state index in [2.05, 4.69) is 4.90 Å². The van der Waals surface area contributed by atoms with E-state index < -0.39 is 11.8 Å². The van der Waals surface area contributed by atoms with Crippen molar-refractivity contribution >= 4 is 5.97 Å². The molecule has 0 aromatic carbocycles. The van der Waals surface area contributed by atoms with Gasteiger partial charge in [-0.05, 0) is 19.5 Å². The van der Waals surface area contributed by atoms with E-state index in [1.165, 1.54) is 0 Å². The van der Waals surface area contributed by atoms with Gasteiger partial charge in [-0.1, -0.05) is 0 Å². The first-order chi connectivity index (χ1) is 6.98. The van der Waals surface area contributed by atoms with Crippen molar-refractivity contribution in [2.75, 3.05) is 19.6 Å². The second-order valence-corrected chi connectivity index (χ2v) is 4.30. The van der Waals surface area contributed by atoms with Crippen molar-refractivity contribution in [1.29, 1.82) is 0 Å². The number of aliphatic hydroxyl groups is 1. The molecule has 0 unspecified atom stereocenters. The van der Waals surface area contributed by atoms with Crippen LogP contribution < -0.4 is 0 Å². The molecule has 0 amide bonds. The van der Waals surface area contributed by atoms with Crippen molar-refractivity contribution in [3.63, 3.8) is 0 Å². The maximum atomic E-state index is 11.5. The third-order valence-corrected chi connectivity index (χ3v) is 2.52. The molecule has 0 bridgehead atoms. The Balaban J connectivity index is 2.10. The Morgan fingerprint density at radius 3 is 2.53 bits per heavy atom. The molecule has 0 spiro atoms. The molecule has 0 radical (unpaired) electrons. The van der Waals surface area contributed by atoms with E-state index in [1.807, 2.05) is 0 Å². The highest BCUT2D eigenvalue weighted by Gasteiger charge is 2.37. The zero-order valence-electron chi connectivity index (χ0n) is 8.95. The zero-order valence-corrected chi connectivity index (χ0v) is 8.95. The predicted molar refractivity (Wildman–Crippen MR) is 52.0 cm³/mol. The van der Waals surface area contributed by atoms with Crippen LogP contribution in [0, 0.1) is 0 Å². The molecule has 2 heterocycles. The van der Waals surface area contributed by atoms with Gasteiger partial charge in [-0.3, -0.25) is 4.90 Å². The maximum absolute atomic E-state index is 11.5. The summed E-state index contributed by atoms with van der Waals surface area (Å²) in [5.41, 5.74) is 0.217. The molecule has 1 saturated heterocycles. The van der Waals surface area contributed by atoms with Crippen LogP contribution in [0.4, 0.5) is 0 Å². The molecule has 5 nitrogen and oxygen atoms in total. The summed E-state index contributed by atoms with van der Waals surface area (Å²) < 4.78 is 10.1. The summed E-state index contributed by atoms with van der Waals surface area (Å²) in [5, 5.41) is 9.57. The Hall–Kier alpha value is -1.23. The van der Waals surface area contributed by atoms with Gasteiger partial charge in [0.05, 0.1) is 0 Å². The smallest absolute Gasteiger partial charge is 0.345 e. The summed E-state index contributed by atoms with van der Waals surface area (Å²) in [7, 11) is 0. The molecule has 0 aromatic rings. The molecule has 15 heavy (non-hydrogen) atoms. The fourth-order valence-electron chi connectivity index (χ4n) is 1.58. The number of likely N-dealkylation sites (tertiary alicyclic amines) is 1. The first-order valence-electron chi connectivity index (χ1n) is 5.05. The molecule has 5 heteroatoms. The molecule has 0 aromatic heterocycles. The van der Waals surface area contributed by atoms with Gasteiger partial charge in [0.25, 0.3) is 11.7 Å². The summed E-state index contributed by atoms with van der Waals surface area (Å²) in [4.78, 5) is 13.6. The number of aliphatic hydroxyl groups excluding tert-OH is 1. The van der Waals surface area contributed by atoms with Crippen LogP contribution in [0.25, 0.3) is 0 Å². The number of esters is 1. The molecule has 1 fully saturated rings. The number of hydrogen-bond donors (Lipinski definition) is 1. The lowest BCUT2D eigenvalue weighted by Gasteiger charge is -2.35. The Morgan fingerprint density at radius 1 is 1.40 bits per heavy atom. The van der Waals surface area contributed by atoms with Gasteiger partial charge in [0.2, 0.25) is 0 Å².